The highest BCUT2D eigenvalue weighted by Gasteiger charge is 2.12. The van der Waals surface area contributed by atoms with Crippen LogP contribution in [0, 0.1) is 0 Å². The predicted octanol–water partition coefficient (Wildman–Crippen LogP) is 5.65. The molecule has 0 saturated heterocycles. The first-order valence-corrected chi connectivity index (χ1v) is 10.7. The number of ether oxygens (including phenoxy) is 3. The average molecular weight is 427 g/mol. The second-order valence-corrected chi connectivity index (χ2v) is 7.50. The van der Waals surface area contributed by atoms with Crippen LogP contribution in [0.2, 0.25) is 0 Å². The number of methoxy groups -OCH3 is 2. The molecule has 0 atom stereocenters. The topological polar surface area (TPSA) is 69.7 Å². The Morgan fingerprint density at radius 3 is 2.67 bits per heavy atom. The largest absolute Gasteiger partial charge is 0.494 e. The van der Waals surface area contributed by atoms with Crippen molar-refractivity contribution in [2.75, 3.05) is 26.1 Å². The molecule has 0 aliphatic carbocycles. The first-order chi connectivity index (χ1) is 14.6. The number of hydrogen-bond acceptors (Lipinski definition) is 6. The molecule has 3 aromatic rings. The van der Waals surface area contributed by atoms with Crippen molar-refractivity contribution in [2.45, 2.75) is 26.2 Å². The van der Waals surface area contributed by atoms with Gasteiger partial charge in [0, 0.05) is 16.5 Å². The summed E-state index contributed by atoms with van der Waals surface area (Å²) in [6.45, 7) is 2.81. The minimum Gasteiger partial charge on any atom is -0.494 e. The van der Waals surface area contributed by atoms with Crippen LogP contribution in [-0.2, 0) is 0 Å². The van der Waals surface area contributed by atoms with E-state index < -0.39 is 0 Å². The summed E-state index contributed by atoms with van der Waals surface area (Å²) in [7, 11) is 3.19. The van der Waals surface area contributed by atoms with E-state index in [1.54, 1.807) is 26.4 Å². The molecule has 0 aliphatic rings. The Balaban J connectivity index is 1.66. The number of aromatic nitrogens is 1. The number of anilines is 1. The average Bonchev–Trinajstić information content (AvgIpc) is 3.25. The van der Waals surface area contributed by atoms with Crippen LogP contribution in [0.1, 0.15) is 36.5 Å². The number of nitrogens with zero attached hydrogens (tertiary/aromatic N) is 1. The smallest absolute Gasteiger partial charge is 0.257 e. The van der Waals surface area contributed by atoms with Gasteiger partial charge in [0.05, 0.1) is 26.5 Å². The van der Waals surface area contributed by atoms with Gasteiger partial charge in [-0.3, -0.25) is 10.1 Å². The van der Waals surface area contributed by atoms with Crippen LogP contribution in [0.5, 0.6) is 17.2 Å². The summed E-state index contributed by atoms with van der Waals surface area (Å²) in [6.07, 6.45) is 3.28. The van der Waals surface area contributed by atoms with Crippen LogP contribution in [0.4, 0.5) is 5.13 Å². The number of thiazole rings is 1. The first kappa shape index (κ1) is 21.6. The van der Waals surface area contributed by atoms with Crippen molar-refractivity contribution in [3.8, 4) is 28.5 Å². The van der Waals surface area contributed by atoms with Gasteiger partial charge in [0.2, 0.25) is 0 Å². The van der Waals surface area contributed by atoms with Gasteiger partial charge < -0.3 is 14.2 Å². The summed E-state index contributed by atoms with van der Waals surface area (Å²) in [5, 5.41) is 5.28. The highest BCUT2D eigenvalue weighted by molar-refractivity contribution is 7.14. The molecule has 0 unspecified atom stereocenters. The third kappa shape index (κ3) is 5.51. The van der Waals surface area contributed by atoms with Gasteiger partial charge in [0.15, 0.2) is 16.6 Å². The minimum atomic E-state index is -0.220. The first-order valence-electron chi connectivity index (χ1n) is 9.86. The number of unbranched alkanes of at least 4 members (excludes halogenated alkanes) is 2. The molecule has 0 spiro atoms. The van der Waals surface area contributed by atoms with Crippen molar-refractivity contribution in [3.63, 3.8) is 0 Å². The molecule has 2 aromatic carbocycles. The zero-order valence-electron chi connectivity index (χ0n) is 17.4. The molecular weight excluding hydrogens is 400 g/mol. The number of rotatable bonds is 10. The number of amides is 1. The third-order valence-corrected chi connectivity index (χ3v) is 5.27. The summed E-state index contributed by atoms with van der Waals surface area (Å²) in [4.78, 5) is 17.2. The highest BCUT2D eigenvalue weighted by Crippen LogP contribution is 2.33. The predicted molar refractivity (Wildman–Crippen MR) is 120 cm³/mol. The Kier molecular flexibility index (Phi) is 7.68. The van der Waals surface area contributed by atoms with E-state index in [1.807, 2.05) is 35.7 Å². The van der Waals surface area contributed by atoms with Crippen molar-refractivity contribution in [2.24, 2.45) is 0 Å². The van der Waals surface area contributed by atoms with Crippen LogP contribution in [0.15, 0.2) is 47.8 Å². The van der Waals surface area contributed by atoms with E-state index in [0.717, 1.165) is 30.5 Å². The Labute approximate surface area is 180 Å². The molecule has 0 bridgehead atoms. The number of benzene rings is 2. The molecule has 0 fully saturated rings. The molecule has 1 aromatic heterocycles. The molecule has 0 aliphatic heterocycles. The lowest BCUT2D eigenvalue weighted by molar-refractivity contribution is 0.102. The zero-order valence-corrected chi connectivity index (χ0v) is 18.3. The van der Waals surface area contributed by atoms with Crippen molar-refractivity contribution < 1.29 is 19.0 Å². The van der Waals surface area contributed by atoms with Crippen LogP contribution < -0.4 is 19.5 Å². The van der Waals surface area contributed by atoms with Crippen molar-refractivity contribution >= 4 is 22.4 Å². The molecule has 1 amide bonds. The van der Waals surface area contributed by atoms with Gasteiger partial charge in [-0.25, -0.2) is 4.98 Å². The van der Waals surface area contributed by atoms with Crippen molar-refractivity contribution in [1.29, 1.82) is 0 Å². The summed E-state index contributed by atoms with van der Waals surface area (Å²) in [5.74, 6) is 1.76. The monoisotopic (exact) mass is 426 g/mol. The fourth-order valence-electron chi connectivity index (χ4n) is 2.90. The lowest BCUT2D eigenvalue weighted by atomic mass is 10.1. The van der Waals surface area contributed by atoms with E-state index >= 15 is 0 Å². The van der Waals surface area contributed by atoms with Gasteiger partial charge in [-0.2, -0.15) is 0 Å². The molecule has 0 saturated carbocycles. The van der Waals surface area contributed by atoms with E-state index in [4.69, 9.17) is 14.2 Å². The third-order valence-electron chi connectivity index (χ3n) is 4.52. The summed E-state index contributed by atoms with van der Waals surface area (Å²) >= 11 is 1.37. The SMILES string of the molecule is CCCCCOc1cccc(C(=O)Nc2nc(-c3ccc(OC)c(OC)c3)cs2)c1. The van der Waals surface area contributed by atoms with E-state index in [9.17, 15) is 4.79 Å². The van der Waals surface area contributed by atoms with Gasteiger partial charge >= 0.3 is 0 Å². The quantitative estimate of drug-likeness (QED) is 0.424. The molecule has 0 radical (unpaired) electrons. The number of nitrogens with one attached hydrogen (secondary N) is 1. The Hall–Kier alpha value is -3.06. The Morgan fingerprint density at radius 2 is 1.90 bits per heavy atom. The zero-order chi connectivity index (χ0) is 21.3. The lowest BCUT2D eigenvalue weighted by Crippen LogP contribution is -2.11. The Morgan fingerprint density at radius 1 is 1.07 bits per heavy atom. The van der Waals surface area contributed by atoms with E-state index in [-0.39, 0.29) is 5.91 Å². The van der Waals surface area contributed by atoms with Crippen molar-refractivity contribution in [1.82, 2.24) is 4.98 Å². The fourth-order valence-corrected chi connectivity index (χ4v) is 3.61. The summed E-state index contributed by atoms with van der Waals surface area (Å²) < 4.78 is 16.4. The van der Waals surface area contributed by atoms with Gasteiger partial charge in [0.1, 0.15) is 5.75 Å². The van der Waals surface area contributed by atoms with Gasteiger partial charge in [-0.1, -0.05) is 25.8 Å². The van der Waals surface area contributed by atoms with E-state index in [0.29, 0.717) is 34.6 Å². The standard InChI is InChI=1S/C23H26N2O4S/c1-4-5-6-12-29-18-9-7-8-17(13-18)22(26)25-23-24-19(15-30-23)16-10-11-20(27-2)21(14-16)28-3/h7-11,13-15H,4-6,12H2,1-3H3,(H,24,25,26). The second kappa shape index (κ2) is 10.6. The molecule has 158 valence electrons. The molecule has 1 N–H and O–H groups in total. The number of carbonyl (C=O) groups excluding carboxylic acids is 1. The summed E-state index contributed by atoms with van der Waals surface area (Å²) in [5.41, 5.74) is 2.17. The molecule has 3 rings (SSSR count). The maximum absolute atomic E-state index is 12.6. The van der Waals surface area contributed by atoms with E-state index in [2.05, 4.69) is 17.2 Å². The van der Waals surface area contributed by atoms with Crippen LogP contribution in [0.25, 0.3) is 11.3 Å². The van der Waals surface area contributed by atoms with Crippen LogP contribution in [0.3, 0.4) is 0 Å². The Bertz CT molecular complexity index is 987. The van der Waals surface area contributed by atoms with Crippen molar-refractivity contribution in [3.05, 3.63) is 53.4 Å². The molecule has 7 heteroatoms. The fraction of sp³-hybridized carbons (Fsp3) is 0.304. The van der Waals surface area contributed by atoms with Gasteiger partial charge in [-0.05, 0) is 42.8 Å². The van der Waals surface area contributed by atoms with Gasteiger partial charge in [-0.15, -0.1) is 11.3 Å². The molecule has 30 heavy (non-hydrogen) atoms. The minimum absolute atomic E-state index is 0.220. The summed E-state index contributed by atoms with van der Waals surface area (Å²) in [6, 6.07) is 12.8. The number of hydrogen-bond donors (Lipinski definition) is 1. The normalized spacial score (nSPS) is 10.5. The maximum Gasteiger partial charge on any atom is 0.257 e. The lowest BCUT2D eigenvalue weighted by Gasteiger charge is -2.08. The molecule has 6 nitrogen and oxygen atoms in total. The van der Waals surface area contributed by atoms with Crippen LogP contribution >= 0.6 is 11.3 Å². The van der Waals surface area contributed by atoms with E-state index in [1.165, 1.54) is 11.3 Å². The van der Waals surface area contributed by atoms with Crippen LogP contribution in [-0.4, -0.2) is 31.7 Å². The molecule has 1 heterocycles. The molecular formula is C23H26N2O4S. The maximum atomic E-state index is 12.6. The second-order valence-electron chi connectivity index (χ2n) is 6.65. The highest BCUT2D eigenvalue weighted by atomic mass is 32.1. The number of carbonyl (C=O) groups is 1. The van der Waals surface area contributed by atoms with Gasteiger partial charge in [0.25, 0.3) is 5.91 Å².